The molecule has 4 amide bonds. The molecule has 0 unspecified atom stereocenters. The van der Waals surface area contributed by atoms with Crippen LogP contribution in [0.2, 0.25) is 0 Å². The summed E-state index contributed by atoms with van der Waals surface area (Å²) in [5.41, 5.74) is 9.94. The molecule has 1 aromatic rings. The largest absolute Gasteiger partial charge is 0.350 e. The Hall–Kier alpha value is -2.46. The molecule has 0 aromatic carbocycles. The molecule has 17 heavy (non-hydrogen) atoms. The van der Waals surface area contributed by atoms with Crippen molar-refractivity contribution in [2.75, 3.05) is 10.0 Å². The molecule has 0 spiro atoms. The zero-order valence-corrected chi connectivity index (χ0v) is 8.99. The van der Waals surface area contributed by atoms with Crippen molar-refractivity contribution in [1.82, 2.24) is 9.97 Å². The van der Waals surface area contributed by atoms with Crippen molar-refractivity contribution in [3.8, 4) is 0 Å². The molecule has 0 bridgehead atoms. The van der Waals surface area contributed by atoms with Gasteiger partial charge in [0.25, 0.3) is 0 Å². The first-order valence-corrected chi connectivity index (χ1v) is 4.37. The number of urea groups is 2. The van der Waals surface area contributed by atoms with Crippen LogP contribution in [0.5, 0.6) is 0 Å². The Kier molecular flexibility index (Phi) is 3.40. The van der Waals surface area contributed by atoms with Gasteiger partial charge in [-0.2, -0.15) is 0 Å². The predicted molar refractivity (Wildman–Crippen MR) is 59.3 cm³/mol. The minimum Gasteiger partial charge on any atom is -0.350 e. The SMILES string of the molecule is Cc1nc(N(N)C(N)=O)cc(N(N)C(N)=O)n1. The highest BCUT2D eigenvalue weighted by Crippen LogP contribution is 2.15. The average molecular weight is 240 g/mol. The van der Waals surface area contributed by atoms with Crippen LogP contribution >= 0.6 is 0 Å². The number of rotatable bonds is 2. The summed E-state index contributed by atoms with van der Waals surface area (Å²) in [6.07, 6.45) is 0. The number of carbonyl (C=O) groups is 2. The minimum absolute atomic E-state index is 0.00306. The zero-order chi connectivity index (χ0) is 13.2. The van der Waals surface area contributed by atoms with Crippen LogP contribution in [-0.4, -0.2) is 22.0 Å². The predicted octanol–water partition coefficient (Wildman–Crippen LogP) is -1.70. The van der Waals surface area contributed by atoms with Crippen molar-refractivity contribution >= 4 is 23.7 Å². The van der Waals surface area contributed by atoms with Gasteiger partial charge in [-0.3, -0.25) is 0 Å². The Bertz CT molecular complexity index is 423. The second-order valence-corrected chi connectivity index (χ2v) is 3.05. The maximum Gasteiger partial charge on any atom is 0.335 e. The van der Waals surface area contributed by atoms with Gasteiger partial charge in [0.15, 0.2) is 11.6 Å². The van der Waals surface area contributed by atoms with Gasteiger partial charge < -0.3 is 11.5 Å². The zero-order valence-electron chi connectivity index (χ0n) is 8.99. The maximum absolute atomic E-state index is 10.9. The third-order valence-electron chi connectivity index (χ3n) is 1.78. The number of anilines is 2. The van der Waals surface area contributed by atoms with E-state index in [2.05, 4.69) is 9.97 Å². The number of primary amides is 2. The molecular formula is C7H12N8O2. The highest BCUT2D eigenvalue weighted by Gasteiger charge is 2.15. The summed E-state index contributed by atoms with van der Waals surface area (Å²) in [5, 5.41) is 1.18. The van der Waals surface area contributed by atoms with Crippen LogP contribution in [0.1, 0.15) is 5.82 Å². The topological polar surface area (TPSA) is 170 Å². The van der Waals surface area contributed by atoms with E-state index in [9.17, 15) is 9.59 Å². The average Bonchev–Trinajstić information content (AvgIpc) is 2.25. The lowest BCUT2D eigenvalue weighted by Gasteiger charge is -2.17. The van der Waals surface area contributed by atoms with Crippen molar-refractivity contribution in [2.45, 2.75) is 6.92 Å². The molecule has 0 fully saturated rings. The van der Waals surface area contributed by atoms with Crippen molar-refractivity contribution in [3.05, 3.63) is 11.9 Å². The number of hydrazine groups is 2. The molecule has 1 rings (SSSR count). The summed E-state index contributed by atoms with van der Waals surface area (Å²) >= 11 is 0. The maximum atomic E-state index is 10.9. The summed E-state index contributed by atoms with van der Waals surface area (Å²) in [7, 11) is 0. The Labute approximate surface area is 96.1 Å². The third-order valence-corrected chi connectivity index (χ3v) is 1.78. The summed E-state index contributed by atoms with van der Waals surface area (Å²) in [5.74, 6) is 10.9. The number of carbonyl (C=O) groups excluding carboxylic acids is 2. The first-order valence-electron chi connectivity index (χ1n) is 4.37. The fourth-order valence-corrected chi connectivity index (χ4v) is 1.01. The van der Waals surface area contributed by atoms with Crippen LogP contribution in [-0.2, 0) is 0 Å². The van der Waals surface area contributed by atoms with Crippen LogP contribution in [0, 0.1) is 6.92 Å². The summed E-state index contributed by atoms with van der Waals surface area (Å²) in [4.78, 5) is 29.4. The van der Waals surface area contributed by atoms with E-state index in [4.69, 9.17) is 23.2 Å². The Morgan fingerprint density at radius 1 is 1.06 bits per heavy atom. The molecule has 0 saturated heterocycles. The van der Waals surface area contributed by atoms with E-state index in [0.29, 0.717) is 10.0 Å². The molecule has 1 heterocycles. The normalized spacial score (nSPS) is 9.82. The Morgan fingerprint density at radius 3 is 1.71 bits per heavy atom. The van der Waals surface area contributed by atoms with Gasteiger partial charge in [0, 0.05) is 6.07 Å². The van der Waals surface area contributed by atoms with Gasteiger partial charge in [-0.05, 0) is 6.92 Å². The number of amides is 4. The van der Waals surface area contributed by atoms with E-state index in [-0.39, 0.29) is 17.5 Å². The second-order valence-electron chi connectivity index (χ2n) is 3.05. The highest BCUT2D eigenvalue weighted by atomic mass is 16.2. The number of nitrogens with two attached hydrogens (primary N) is 4. The van der Waals surface area contributed by atoms with Crippen LogP contribution in [0.4, 0.5) is 21.2 Å². The van der Waals surface area contributed by atoms with Crippen LogP contribution < -0.4 is 33.2 Å². The van der Waals surface area contributed by atoms with Gasteiger partial charge in [0.05, 0.1) is 0 Å². The van der Waals surface area contributed by atoms with Crippen molar-refractivity contribution in [2.24, 2.45) is 23.2 Å². The molecule has 0 aliphatic heterocycles. The quantitative estimate of drug-likeness (QED) is 0.272. The van der Waals surface area contributed by atoms with E-state index in [1.54, 1.807) is 0 Å². The number of aromatic nitrogens is 2. The molecule has 0 radical (unpaired) electrons. The molecular weight excluding hydrogens is 228 g/mol. The van der Waals surface area contributed by atoms with Gasteiger partial charge in [-0.25, -0.2) is 41.3 Å². The van der Waals surface area contributed by atoms with Gasteiger partial charge in [0.1, 0.15) is 5.82 Å². The summed E-state index contributed by atoms with van der Waals surface area (Å²) in [6, 6.07) is -0.643. The van der Waals surface area contributed by atoms with Crippen molar-refractivity contribution in [3.63, 3.8) is 0 Å². The minimum atomic E-state index is -0.920. The third kappa shape index (κ3) is 2.76. The highest BCUT2D eigenvalue weighted by molar-refractivity contribution is 5.91. The first-order chi connectivity index (χ1) is 7.82. The number of aryl methyl sites for hydroxylation is 1. The number of nitrogens with zero attached hydrogens (tertiary/aromatic N) is 4. The molecule has 0 atom stereocenters. The van der Waals surface area contributed by atoms with E-state index >= 15 is 0 Å². The molecule has 92 valence electrons. The lowest BCUT2D eigenvalue weighted by molar-refractivity contribution is 0.253. The summed E-state index contributed by atoms with van der Waals surface area (Å²) < 4.78 is 0. The number of hydrogen-bond acceptors (Lipinski definition) is 6. The monoisotopic (exact) mass is 240 g/mol. The molecule has 0 saturated carbocycles. The van der Waals surface area contributed by atoms with Gasteiger partial charge in [0.2, 0.25) is 0 Å². The van der Waals surface area contributed by atoms with Crippen molar-refractivity contribution in [1.29, 1.82) is 0 Å². The Balaban J connectivity index is 3.19. The van der Waals surface area contributed by atoms with Crippen LogP contribution in [0.25, 0.3) is 0 Å². The molecule has 0 aliphatic rings. The molecule has 0 aliphatic carbocycles. The fraction of sp³-hybridized carbons (Fsp3) is 0.143. The van der Waals surface area contributed by atoms with E-state index in [0.717, 1.165) is 0 Å². The molecule has 10 heteroatoms. The smallest absolute Gasteiger partial charge is 0.335 e. The second kappa shape index (κ2) is 4.59. The van der Waals surface area contributed by atoms with Crippen LogP contribution in [0.15, 0.2) is 6.07 Å². The summed E-state index contributed by atoms with van der Waals surface area (Å²) in [6.45, 7) is 1.52. The lowest BCUT2D eigenvalue weighted by Crippen LogP contribution is -2.44. The fourth-order valence-electron chi connectivity index (χ4n) is 1.01. The van der Waals surface area contributed by atoms with Crippen molar-refractivity contribution < 1.29 is 9.59 Å². The Morgan fingerprint density at radius 2 is 1.41 bits per heavy atom. The van der Waals surface area contributed by atoms with Gasteiger partial charge >= 0.3 is 12.1 Å². The van der Waals surface area contributed by atoms with Gasteiger partial charge in [-0.15, -0.1) is 0 Å². The standard InChI is InChI=1S/C7H12N8O2/c1-3-12-4(14(10)6(8)16)2-5(13-3)15(11)7(9)17/h2H,10-11H2,1H3,(H2,8,16)(H2,9,17). The molecule has 1 aromatic heterocycles. The molecule has 10 nitrogen and oxygen atoms in total. The van der Waals surface area contributed by atoms with E-state index in [1.165, 1.54) is 13.0 Å². The van der Waals surface area contributed by atoms with Gasteiger partial charge in [-0.1, -0.05) is 0 Å². The van der Waals surface area contributed by atoms with E-state index < -0.39 is 12.1 Å². The molecule has 8 N–H and O–H groups in total. The van der Waals surface area contributed by atoms with E-state index in [1.807, 2.05) is 0 Å². The number of hydrogen-bond donors (Lipinski definition) is 4. The lowest BCUT2D eigenvalue weighted by atomic mass is 10.4. The van der Waals surface area contributed by atoms with Crippen LogP contribution in [0.3, 0.4) is 0 Å². The first kappa shape index (κ1) is 12.6.